The molecule has 19 heavy (non-hydrogen) atoms. The van der Waals surface area contributed by atoms with E-state index in [-0.39, 0.29) is 0 Å². The molecule has 4 nitrogen and oxygen atoms in total. The molecule has 0 amide bonds. The first kappa shape index (κ1) is 12.8. The summed E-state index contributed by atoms with van der Waals surface area (Å²) in [7, 11) is 0. The molecular formula is C15H14N4. The Hall–Kier alpha value is -2.67. The zero-order valence-corrected chi connectivity index (χ0v) is 10.6. The fourth-order valence-corrected chi connectivity index (χ4v) is 1.89. The Kier molecular flexibility index (Phi) is 3.58. The lowest BCUT2D eigenvalue weighted by Crippen LogP contribution is -2.02. The summed E-state index contributed by atoms with van der Waals surface area (Å²) in [6.07, 6.45) is 2.07. The van der Waals surface area contributed by atoms with Crippen LogP contribution in [0, 0.1) is 16.7 Å². The highest BCUT2D eigenvalue weighted by Crippen LogP contribution is 2.23. The van der Waals surface area contributed by atoms with Crippen molar-refractivity contribution in [3.63, 3.8) is 0 Å². The van der Waals surface area contributed by atoms with Gasteiger partial charge in [0.25, 0.3) is 0 Å². The number of nitrogens with one attached hydrogen (secondary N) is 1. The molecule has 0 aliphatic carbocycles. The molecule has 0 unspecified atom stereocenters. The monoisotopic (exact) mass is 250 g/mol. The van der Waals surface area contributed by atoms with Gasteiger partial charge in [0.05, 0.1) is 12.5 Å². The number of rotatable bonds is 3. The molecular weight excluding hydrogens is 236 g/mol. The molecule has 1 heterocycles. The maximum absolute atomic E-state index is 8.73. The van der Waals surface area contributed by atoms with Gasteiger partial charge in [-0.1, -0.05) is 24.3 Å². The van der Waals surface area contributed by atoms with Crippen molar-refractivity contribution in [2.45, 2.75) is 13.3 Å². The van der Waals surface area contributed by atoms with E-state index >= 15 is 0 Å². The van der Waals surface area contributed by atoms with E-state index in [1.54, 1.807) is 13.1 Å². The average molecular weight is 250 g/mol. The molecule has 0 saturated heterocycles. The van der Waals surface area contributed by atoms with Gasteiger partial charge >= 0.3 is 0 Å². The van der Waals surface area contributed by atoms with Crippen LogP contribution in [-0.4, -0.2) is 10.7 Å². The smallest absolute Gasteiger partial charge is 0.132 e. The van der Waals surface area contributed by atoms with E-state index in [1.165, 1.54) is 0 Å². The zero-order chi connectivity index (χ0) is 13.8. The van der Waals surface area contributed by atoms with Gasteiger partial charge in [0.15, 0.2) is 0 Å². The van der Waals surface area contributed by atoms with Gasteiger partial charge in [0.2, 0.25) is 0 Å². The number of benzene rings is 1. The van der Waals surface area contributed by atoms with Crippen LogP contribution in [-0.2, 0) is 6.42 Å². The van der Waals surface area contributed by atoms with Crippen molar-refractivity contribution in [1.82, 2.24) is 4.98 Å². The molecule has 4 heteroatoms. The van der Waals surface area contributed by atoms with Gasteiger partial charge < -0.3 is 11.1 Å². The number of hydrogen-bond acceptors (Lipinski definition) is 4. The maximum Gasteiger partial charge on any atom is 0.132 e. The topological polar surface area (TPSA) is 86.5 Å². The highest BCUT2D eigenvalue weighted by molar-refractivity contribution is 6.01. The first-order valence-corrected chi connectivity index (χ1v) is 5.89. The number of pyridine rings is 1. The molecule has 2 aromatic rings. The lowest BCUT2D eigenvalue weighted by Gasteiger charge is -2.07. The minimum Gasteiger partial charge on any atom is -0.383 e. The van der Waals surface area contributed by atoms with E-state index in [0.29, 0.717) is 23.5 Å². The Bertz CT molecular complexity index is 668. The predicted molar refractivity (Wildman–Crippen MR) is 75.9 cm³/mol. The van der Waals surface area contributed by atoms with E-state index in [4.69, 9.17) is 16.4 Å². The first-order chi connectivity index (χ1) is 9.11. The van der Waals surface area contributed by atoms with E-state index in [2.05, 4.69) is 11.1 Å². The van der Waals surface area contributed by atoms with E-state index in [1.807, 2.05) is 30.3 Å². The Morgan fingerprint density at radius 1 is 1.37 bits per heavy atom. The van der Waals surface area contributed by atoms with Crippen LogP contribution in [0.2, 0.25) is 0 Å². The molecule has 0 aliphatic heterocycles. The number of anilines is 1. The molecule has 1 aromatic heterocycles. The van der Waals surface area contributed by atoms with Crippen LogP contribution < -0.4 is 5.73 Å². The molecule has 94 valence electrons. The Labute approximate surface area is 112 Å². The third-order valence-electron chi connectivity index (χ3n) is 2.87. The van der Waals surface area contributed by atoms with Crippen LogP contribution in [0.3, 0.4) is 0 Å². The fourth-order valence-electron chi connectivity index (χ4n) is 1.89. The summed E-state index contributed by atoms with van der Waals surface area (Å²) in [5.41, 5.74) is 9.62. The number of nitriles is 1. The van der Waals surface area contributed by atoms with Gasteiger partial charge in [0.1, 0.15) is 5.82 Å². The predicted octanol–water partition coefficient (Wildman–Crippen LogP) is 2.78. The van der Waals surface area contributed by atoms with Crippen molar-refractivity contribution in [2.24, 2.45) is 0 Å². The largest absolute Gasteiger partial charge is 0.383 e. The maximum atomic E-state index is 8.73. The molecule has 0 atom stereocenters. The third-order valence-corrected chi connectivity index (χ3v) is 2.87. The van der Waals surface area contributed by atoms with Crippen LogP contribution in [0.4, 0.5) is 5.82 Å². The lowest BCUT2D eigenvalue weighted by atomic mass is 10.0. The first-order valence-electron chi connectivity index (χ1n) is 5.89. The quantitative estimate of drug-likeness (QED) is 0.821. The van der Waals surface area contributed by atoms with Gasteiger partial charge in [0, 0.05) is 23.0 Å². The molecule has 0 bridgehead atoms. The summed E-state index contributed by atoms with van der Waals surface area (Å²) < 4.78 is 0. The normalized spacial score (nSPS) is 9.89. The van der Waals surface area contributed by atoms with Crippen molar-refractivity contribution in [3.8, 4) is 17.2 Å². The fraction of sp³-hybridized carbons (Fsp3) is 0.133. The van der Waals surface area contributed by atoms with Gasteiger partial charge in [-0.15, -0.1) is 0 Å². The molecule has 0 saturated carbocycles. The summed E-state index contributed by atoms with van der Waals surface area (Å²) in [6.45, 7) is 1.68. The third kappa shape index (κ3) is 2.78. The van der Waals surface area contributed by atoms with E-state index < -0.39 is 0 Å². The summed E-state index contributed by atoms with van der Waals surface area (Å²) >= 11 is 0. The van der Waals surface area contributed by atoms with Crippen LogP contribution in [0.25, 0.3) is 11.1 Å². The summed E-state index contributed by atoms with van der Waals surface area (Å²) in [4.78, 5) is 4.12. The van der Waals surface area contributed by atoms with Gasteiger partial charge in [-0.3, -0.25) is 0 Å². The second kappa shape index (κ2) is 5.32. The number of nitrogens with zero attached hydrogens (tertiary/aromatic N) is 2. The van der Waals surface area contributed by atoms with Crippen molar-refractivity contribution < 1.29 is 0 Å². The van der Waals surface area contributed by atoms with Crippen molar-refractivity contribution in [1.29, 1.82) is 10.7 Å². The summed E-state index contributed by atoms with van der Waals surface area (Å²) in [5.74, 6) is 0.365. The number of nitrogens with two attached hydrogens (primary N) is 1. The van der Waals surface area contributed by atoms with Gasteiger partial charge in [-0.25, -0.2) is 4.98 Å². The van der Waals surface area contributed by atoms with Crippen LogP contribution in [0.1, 0.15) is 18.1 Å². The van der Waals surface area contributed by atoms with Crippen LogP contribution >= 0.6 is 0 Å². The molecule has 0 aliphatic rings. The second-order valence-corrected chi connectivity index (χ2v) is 4.32. The molecule has 0 radical (unpaired) electrons. The van der Waals surface area contributed by atoms with Crippen LogP contribution in [0.15, 0.2) is 36.5 Å². The van der Waals surface area contributed by atoms with Gasteiger partial charge in [-0.2, -0.15) is 5.26 Å². The zero-order valence-electron chi connectivity index (χ0n) is 10.6. The lowest BCUT2D eigenvalue weighted by molar-refractivity contribution is 1.26. The number of nitrogen functional groups attached to an aromatic ring is 1. The van der Waals surface area contributed by atoms with E-state index in [0.717, 1.165) is 16.7 Å². The van der Waals surface area contributed by atoms with Gasteiger partial charge in [-0.05, 0) is 24.1 Å². The molecule has 2 rings (SSSR count). The minimum atomic E-state index is 0.365. The number of aromatic nitrogens is 1. The highest BCUT2D eigenvalue weighted by Gasteiger charge is 2.06. The summed E-state index contributed by atoms with van der Waals surface area (Å²) in [6, 6.07) is 11.7. The van der Waals surface area contributed by atoms with Crippen molar-refractivity contribution in [2.75, 3.05) is 5.73 Å². The Morgan fingerprint density at radius 3 is 2.84 bits per heavy atom. The molecule has 3 N–H and O–H groups in total. The summed E-state index contributed by atoms with van der Waals surface area (Å²) in [5, 5.41) is 16.4. The molecule has 1 aromatic carbocycles. The van der Waals surface area contributed by atoms with Crippen molar-refractivity contribution >= 4 is 11.5 Å². The average Bonchev–Trinajstić information content (AvgIpc) is 2.39. The molecule has 0 fully saturated rings. The Morgan fingerprint density at radius 2 is 2.16 bits per heavy atom. The second-order valence-electron chi connectivity index (χ2n) is 4.32. The highest BCUT2D eigenvalue weighted by atomic mass is 14.8. The SMILES string of the molecule is CC(=N)c1cc(-c2cccc(CC#N)c2)cnc1N. The Balaban J connectivity index is 2.47. The van der Waals surface area contributed by atoms with Crippen molar-refractivity contribution in [3.05, 3.63) is 47.7 Å². The minimum absolute atomic E-state index is 0.365. The van der Waals surface area contributed by atoms with E-state index in [9.17, 15) is 0 Å². The van der Waals surface area contributed by atoms with Crippen LogP contribution in [0.5, 0.6) is 0 Å². The molecule has 0 spiro atoms. The standard InChI is InChI=1S/C15H14N4/c1-10(17)14-8-13(9-19-15(14)18)12-4-2-3-11(7-12)5-6-16/h2-4,7-9,17H,5H2,1H3,(H2,18,19). The number of hydrogen-bond donors (Lipinski definition) is 2.